The van der Waals surface area contributed by atoms with Gasteiger partial charge in [0.2, 0.25) is 0 Å². The van der Waals surface area contributed by atoms with Crippen LogP contribution in [0.5, 0.6) is 0 Å². The molecule has 0 heterocycles. The fraction of sp³-hybridized carbons (Fsp3) is 0. The van der Waals surface area contributed by atoms with Crippen molar-refractivity contribution in [1.82, 2.24) is 0 Å². The molecule has 1 nitrogen and oxygen atoms in total. The molecule has 0 N–H and O–H groups in total. The highest BCUT2D eigenvalue weighted by Gasteiger charge is 2.15. The monoisotopic (exact) mass is 787 g/mol. The largest absolute Gasteiger partial charge is 0.311 e. The van der Waals surface area contributed by atoms with Crippen LogP contribution >= 0.6 is 0 Å². The minimum atomic E-state index is -0.675. The summed E-state index contributed by atoms with van der Waals surface area (Å²) in [6, 6.07) is 47.5. The molecular weight excluding hydrogens is 735 g/mol. The van der Waals surface area contributed by atoms with Gasteiger partial charge in [0, 0.05) is 17.1 Å². The molecule has 0 aliphatic heterocycles. The first-order chi connectivity index (χ1) is 35.3. The number of hydrogen-bond acceptors (Lipinski definition) is 1. The Kier molecular flexibility index (Phi) is 6.53. The van der Waals surface area contributed by atoms with Crippen LogP contribution in [0.3, 0.4) is 0 Å². The lowest BCUT2D eigenvalue weighted by Crippen LogP contribution is -2.09. The van der Waals surface area contributed by atoms with Crippen molar-refractivity contribution in [1.29, 1.82) is 0 Å². The SMILES string of the molecule is [2H]c1c([2H])c(N(c2c([2H])c([2H])c(-c3cccc(-c4cccc5ccccc45)c3)c([2H])c2[2H])c2c([2H])c([2H])c(-c3cccc4ccccc34)c([2H])c2[2H])c([2H])c([2H])c1-c1ccc(-c2cccc3ccccc23)cc1. The Morgan fingerprint density at radius 3 is 1.08 bits per heavy atom. The average molecular weight is 788 g/mol. The Hall–Kier alpha value is -8.00. The van der Waals surface area contributed by atoms with Crippen LogP contribution < -0.4 is 4.90 Å². The summed E-state index contributed by atoms with van der Waals surface area (Å²) in [7, 11) is 0. The van der Waals surface area contributed by atoms with Gasteiger partial charge < -0.3 is 4.90 Å². The van der Waals surface area contributed by atoms with E-state index in [1.54, 1.807) is 48.5 Å². The van der Waals surface area contributed by atoms with Crippen LogP contribution in [0, 0.1) is 0 Å². The topological polar surface area (TPSA) is 3.24 Å². The van der Waals surface area contributed by atoms with Crippen LogP contribution in [0.15, 0.2) is 248 Å². The second-order valence-corrected chi connectivity index (χ2v) is 14.7. The van der Waals surface area contributed by atoms with Crippen molar-refractivity contribution in [2.75, 3.05) is 4.90 Å². The maximum atomic E-state index is 9.69. The van der Waals surface area contributed by atoms with Gasteiger partial charge in [-0.1, -0.05) is 206 Å². The summed E-state index contributed by atoms with van der Waals surface area (Å²) < 4.78 is 115. The van der Waals surface area contributed by atoms with Crippen LogP contribution in [0.4, 0.5) is 17.1 Å². The fourth-order valence-electron chi connectivity index (χ4n) is 8.07. The van der Waals surface area contributed by atoms with Gasteiger partial charge in [0.05, 0.1) is 16.4 Å². The van der Waals surface area contributed by atoms with E-state index in [2.05, 4.69) is 0 Å². The van der Waals surface area contributed by atoms with E-state index < -0.39 is 89.6 Å². The van der Waals surface area contributed by atoms with Gasteiger partial charge >= 0.3 is 0 Å². The summed E-state index contributed by atoms with van der Waals surface area (Å²) in [4.78, 5) is 0.860. The maximum absolute atomic E-state index is 9.69. The smallest absolute Gasteiger partial charge is 0.0645 e. The van der Waals surface area contributed by atoms with Gasteiger partial charge in [-0.05, 0) is 130 Å². The zero-order chi connectivity index (χ0) is 51.0. The Morgan fingerprint density at radius 2 is 0.590 bits per heavy atom. The van der Waals surface area contributed by atoms with Crippen molar-refractivity contribution in [2.24, 2.45) is 0 Å². The van der Waals surface area contributed by atoms with E-state index in [4.69, 9.17) is 0 Å². The van der Waals surface area contributed by atoms with Gasteiger partial charge in [0.1, 0.15) is 0 Å². The van der Waals surface area contributed by atoms with Crippen LogP contribution in [0.25, 0.3) is 88.0 Å². The predicted octanol–water partition coefficient (Wildman–Crippen LogP) is 17.0. The Morgan fingerprint density at radius 1 is 0.246 bits per heavy atom. The van der Waals surface area contributed by atoms with Crippen LogP contribution in [0.2, 0.25) is 0 Å². The Bertz CT molecular complexity index is 3970. The van der Waals surface area contributed by atoms with Crippen molar-refractivity contribution in [3.05, 3.63) is 248 Å². The molecule has 0 spiro atoms. The van der Waals surface area contributed by atoms with E-state index in [1.807, 2.05) is 127 Å². The molecule has 0 unspecified atom stereocenters. The number of anilines is 3. The molecule has 0 radical (unpaired) electrons. The highest BCUT2D eigenvalue weighted by Crippen LogP contribution is 2.40. The summed E-state index contributed by atoms with van der Waals surface area (Å²) in [5, 5.41) is 5.52. The first-order valence-corrected chi connectivity index (χ1v) is 20.0. The number of rotatable bonds is 8. The van der Waals surface area contributed by atoms with Crippen LogP contribution in [0.1, 0.15) is 16.4 Å². The second kappa shape index (κ2) is 15.6. The third-order valence-electron chi connectivity index (χ3n) is 11.1. The van der Waals surface area contributed by atoms with Crippen molar-refractivity contribution in [3.8, 4) is 55.6 Å². The Balaban J connectivity index is 1.13. The first kappa shape index (κ1) is 25.5. The lowest BCUT2D eigenvalue weighted by molar-refractivity contribution is 1.28. The molecule has 0 fully saturated rings. The number of fused-ring (bicyclic) bond motifs is 3. The summed E-state index contributed by atoms with van der Waals surface area (Å²) in [6.07, 6.45) is 0. The average Bonchev–Trinajstić information content (AvgIpc) is 3.41. The molecule has 0 aromatic heterocycles. The Labute approximate surface area is 373 Å². The van der Waals surface area contributed by atoms with Crippen molar-refractivity contribution < 1.29 is 16.4 Å². The third-order valence-corrected chi connectivity index (χ3v) is 11.1. The van der Waals surface area contributed by atoms with E-state index >= 15 is 0 Å². The van der Waals surface area contributed by atoms with Crippen molar-refractivity contribution >= 4 is 49.4 Å². The molecule has 61 heavy (non-hydrogen) atoms. The molecule has 0 atom stereocenters. The van der Waals surface area contributed by atoms with E-state index in [-0.39, 0.29) is 16.7 Å². The summed E-state index contributed by atoms with van der Waals surface area (Å²) in [5.74, 6) is 0. The molecule has 286 valence electrons. The minimum absolute atomic E-state index is 0.0432. The zero-order valence-corrected chi connectivity index (χ0v) is 32.7. The molecule has 0 bridgehead atoms. The molecule has 0 aliphatic carbocycles. The molecule has 1 heteroatoms. The number of hydrogen-bond donors (Lipinski definition) is 0. The van der Waals surface area contributed by atoms with E-state index in [1.165, 1.54) is 0 Å². The molecule has 11 rings (SSSR count). The number of nitrogens with zero attached hydrogens (tertiary/aromatic N) is 1. The zero-order valence-electron chi connectivity index (χ0n) is 44.7. The highest BCUT2D eigenvalue weighted by atomic mass is 15.1. The molecule has 0 amide bonds. The van der Waals surface area contributed by atoms with Gasteiger partial charge in [-0.15, -0.1) is 0 Å². The van der Waals surface area contributed by atoms with E-state index in [0.29, 0.717) is 22.1 Å². The van der Waals surface area contributed by atoms with Gasteiger partial charge in [-0.3, -0.25) is 0 Å². The fourth-order valence-corrected chi connectivity index (χ4v) is 8.07. The van der Waals surface area contributed by atoms with Crippen molar-refractivity contribution in [2.45, 2.75) is 0 Å². The van der Waals surface area contributed by atoms with Gasteiger partial charge in [0.25, 0.3) is 0 Å². The van der Waals surface area contributed by atoms with Crippen molar-refractivity contribution in [3.63, 3.8) is 0 Å². The first-order valence-electron chi connectivity index (χ1n) is 26.0. The molecule has 11 aromatic rings. The van der Waals surface area contributed by atoms with Crippen LogP contribution in [-0.4, -0.2) is 0 Å². The lowest BCUT2D eigenvalue weighted by Gasteiger charge is -2.26. The molecule has 0 saturated carbocycles. The highest BCUT2D eigenvalue weighted by molar-refractivity contribution is 5.99. The molecule has 0 aliphatic rings. The van der Waals surface area contributed by atoms with Gasteiger partial charge in [0.15, 0.2) is 0 Å². The van der Waals surface area contributed by atoms with E-state index in [0.717, 1.165) is 54.1 Å². The minimum Gasteiger partial charge on any atom is -0.311 e. The van der Waals surface area contributed by atoms with Crippen LogP contribution in [-0.2, 0) is 0 Å². The normalized spacial score (nSPS) is 14.0. The lowest BCUT2D eigenvalue weighted by atomic mass is 9.95. The second-order valence-electron chi connectivity index (χ2n) is 14.7. The summed E-state index contributed by atoms with van der Waals surface area (Å²) in [6.45, 7) is 0. The summed E-state index contributed by atoms with van der Waals surface area (Å²) >= 11 is 0. The maximum Gasteiger partial charge on any atom is 0.0645 e. The quantitative estimate of drug-likeness (QED) is 0.148. The third kappa shape index (κ3) is 6.93. The summed E-state index contributed by atoms with van der Waals surface area (Å²) in [5.41, 5.74) is 2.69. The molecular formula is C60H41N. The molecule has 11 aromatic carbocycles. The molecule has 0 saturated heterocycles. The van der Waals surface area contributed by atoms with Gasteiger partial charge in [-0.2, -0.15) is 0 Å². The number of benzene rings is 11. The van der Waals surface area contributed by atoms with E-state index in [9.17, 15) is 16.4 Å². The standard InChI is InChI=1S/C60H41N/c1-4-19-55-45(11-1)14-8-22-58(55)48-27-25-42(26-28-48)43-29-35-52(36-30-43)61(54-39-33-49(34-40-54)59-23-9-15-46-12-2-5-20-56(46)59)53-37-31-44(32-38-53)50-17-7-18-51(41-50)60-24-10-16-47-13-3-6-21-57(47)60/h1-41H/i29D,30D,31D,32D,33D,34D,35D,36D,37D,38D,39D,40D. The predicted molar refractivity (Wildman–Crippen MR) is 261 cm³/mol. The van der Waals surface area contributed by atoms with Gasteiger partial charge in [-0.25, -0.2) is 0 Å².